The van der Waals surface area contributed by atoms with Crippen molar-refractivity contribution >= 4 is 17.3 Å². The van der Waals surface area contributed by atoms with Crippen LogP contribution in [0.5, 0.6) is 0 Å². The van der Waals surface area contributed by atoms with Crippen LogP contribution in [0.25, 0.3) is 0 Å². The molecular formula is C17H20ClN. The highest BCUT2D eigenvalue weighted by molar-refractivity contribution is 6.30. The third-order valence-corrected chi connectivity index (χ3v) is 3.72. The highest BCUT2D eigenvalue weighted by atomic mass is 35.5. The fraction of sp³-hybridized carbons (Fsp3) is 0.294. The maximum absolute atomic E-state index is 5.97. The summed E-state index contributed by atoms with van der Waals surface area (Å²) in [6.45, 7) is 9.40. The van der Waals surface area contributed by atoms with Crippen LogP contribution in [0, 0.1) is 27.7 Å². The van der Waals surface area contributed by atoms with Gasteiger partial charge in [-0.05, 0) is 68.1 Å². The summed E-state index contributed by atoms with van der Waals surface area (Å²) in [4.78, 5) is 0. The average Bonchev–Trinajstić information content (AvgIpc) is 2.30. The number of aryl methyl sites for hydroxylation is 4. The van der Waals surface area contributed by atoms with Gasteiger partial charge in [0.05, 0.1) is 0 Å². The van der Waals surface area contributed by atoms with Crippen molar-refractivity contribution in [2.24, 2.45) is 0 Å². The van der Waals surface area contributed by atoms with Crippen molar-refractivity contribution in [2.75, 3.05) is 5.32 Å². The summed E-state index contributed by atoms with van der Waals surface area (Å²) in [5, 5.41) is 4.28. The largest absolute Gasteiger partial charge is 0.381 e. The Morgan fingerprint density at radius 1 is 0.895 bits per heavy atom. The van der Waals surface area contributed by atoms with E-state index in [1.807, 2.05) is 18.2 Å². The topological polar surface area (TPSA) is 12.0 Å². The maximum Gasteiger partial charge on any atom is 0.0410 e. The molecular weight excluding hydrogens is 254 g/mol. The van der Waals surface area contributed by atoms with Crippen LogP contribution in [0.15, 0.2) is 30.3 Å². The summed E-state index contributed by atoms with van der Waals surface area (Å²) in [5.74, 6) is 0. The van der Waals surface area contributed by atoms with Gasteiger partial charge in [0.2, 0.25) is 0 Å². The first-order valence-corrected chi connectivity index (χ1v) is 6.92. The predicted molar refractivity (Wildman–Crippen MR) is 84.2 cm³/mol. The van der Waals surface area contributed by atoms with Gasteiger partial charge in [0.1, 0.15) is 0 Å². The van der Waals surface area contributed by atoms with Crippen LogP contribution in [0.1, 0.15) is 27.8 Å². The molecule has 2 aromatic carbocycles. The molecule has 1 N–H and O–H groups in total. The van der Waals surface area contributed by atoms with E-state index in [4.69, 9.17) is 11.6 Å². The summed E-state index contributed by atoms with van der Waals surface area (Å²) in [7, 11) is 0. The molecule has 0 unspecified atom stereocenters. The van der Waals surface area contributed by atoms with E-state index in [1.54, 1.807) is 0 Å². The Hall–Kier alpha value is -1.47. The molecule has 2 aromatic rings. The number of hydrogen-bond donors (Lipinski definition) is 1. The smallest absolute Gasteiger partial charge is 0.0410 e. The van der Waals surface area contributed by atoms with Crippen molar-refractivity contribution in [3.63, 3.8) is 0 Å². The summed E-state index contributed by atoms with van der Waals surface area (Å²) in [6, 6.07) is 10.4. The van der Waals surface area contributed by atoms with Gasteiger partial charge in [-0.25, -0.2) is 0 Å². The fourth-order valence-corrected chi connectivity index (χ4v) is 2.72. The van der Waals surface area contributed by atoms with Gasteiger partial charge in [0, 0.05) is 17.3 Å². The SMILES string of the molecule is Cc1cc(C)c(CNc2ccc(Cl)cc2C)c(C)c1. The van der Waals surface area contributed by atoms with Gasteiger partial charge in [-0.1, -0.05) is 29.3 Å². The van der Waals surface area contributed by atoms with E-state index in [2.05, 4.69) is 45.1 Å². The molecule has 0 saturated carbocycles. The molecule has 0 saturated heterocycles. The van der Waals surface area contributed by atoms with Crippen LogP contribution < -0.4 is 5.32 Å². The molecule has 0 aliphatic rings. The number of benzene rings is 2. The minimum absolute atomic E-state index is 0.783. The Labute approximate surface area is 120 Å². The second-order valence-electron chi connectivity index (χ2n) is 5.19. The van der Waals surface area contributed by atoms with Crippen molar-refractivity contribution in [1.82, 2.24) is 0 Å². The molecule has 0 aromatic heterocycles. The van der Waals surface area contributed by atoms with Crippen LogP contribution >= 0.6 is 11.6 Å². The molecule has 100 valence electrons. The zero-order valence-corrected chi connectivity index (χ0v) is 12.7. The molecule has 0 heterocycles. The predicted octanol–water partition coefficient (Wildman–Crippen LogP) is 5.19. The lowest BCUT2D eigenvalue weighted by Crippen LogP contribution is -2.05. The molecule has 0 amide bonds. The summed E-state index contributed by atoms with van der Waals surface area (Å²) in [6.07, 6.45) is 0. The fourth-order valence-electron chi connectivity index (χ4n) is 2.50. The zero-order valence-electron chi connectivity index (χ0n) is 12.0. The third kappa shape index (κ3) is 3.30. The van der Waals surface area contributed by atoms with E-state index in [-0.39, 0.29) is 0 Å². The van der Waals surface area contributed by atoms with E-state index in [1.165, 1.54) is 27.8 Å². The molecule has 0 aliphatic heterocycles. The van der Waals surface area contributed by atoms with Gasteiger partial charge >= 0.3 is 0 Å². The van der Waals surface area contributed by atoms with Crippen LogP contribution in [0.2, 0.25) is 5.02 Å². The minimum Gasteiger partial charge on any atom is -0.381 e. The quantitative estimate of drug-likeness (QED) is 0.812. The Kier molecular flexibility index (Phi) is 4.16. The van der Waals surface area contributed by atoms with Gasteiger partial charge in [-0.15, -0.1) is 0 Å². The Bertz CT molecular complexity index is 579. The normalized spacial score (nSPS) is 10.6. The maximum atomic E-state index is 5.97. The van der Waals surface area contributed by atoms with Gasteiger partial charge in [-0.3, -0.25) is 0 Å². The summed E-state index contributed by atoms with van der Waals surface area (Å²) < 4.78 is 0. The van der Waals surface area contributed by atoms with Crippen molar-refractivity contribution in [1.29, 1.82) is 0 Å². The number of anilines is 1. The van der Waals surface area contributed by atoms with Crippen molar-refractivity contribution < 1.29 is 0 Å². The number of hydrogen-bond acceptors (Lipinski definition) is 1. The van der Waals surface area contributed by atoms with Crippen LogP contribution in [-0.4, -0.2) is 0 Å². The average molecular weight is 274 g/mol. The van der Waals surface area contributed by atoms with E-state index < -0.39 is 0 Å². The lowest BCUT2D eigenvalue weighted by molar-refractivity contribution is 1.08. The molecule has 0 bridgehead atoms. The van der Waals surface area contributed by atoms with Gasteiger partial charge < -0.3 is 5.32 Å². The molecule has 2 rings (SSSR count). The summed E-state index contributed by atoms with van der Waals surface area (Å²) >= 11 is 5.97. The molecule has 0 atom stereocenters. The Balaban J connectivity index is 2.19. The highest BCUT2D eigenvalue weighted by Gasteiger charge is 2.05. The number of nitrogens with one attached hydrogen (secondary N) is 1. The first-order valence-electron chi connectivity index (χ1n) is 6.54. The molecule has 2 heteroatoms. The van der Waals surface area contributed by atoms with Gasteiger partial charge in [0.25, 0.3) is 0 Å². The molecule has 0 spiro atoms. The monoisotopic (exact) mass is 273 g/mol. The lowest BCUT2D eigenvalue weighted by atomic mass is 9.99. The van der Waals surface area contributed by atoms with E-state index in [9.17, 15) is 0 Å². The number of rotatable bonds is 3. The van der Waals surface area contributed by atoms with Crippen LogP contribution in [0.4, 0.5) is 5.69 Å². The van der Waals surface area contributed by atoms with E-state index in [0.717, 1.165) is 17.3 Å². The lowest BCUT2D eigenvalue weighted by Gasteiger charge is -2.14. The molecule has 0 radical (unpaired) electrons. The second-order valence-corrected chi connectivity index (χ2v) is 5.63. The van der Waals surface area contributed by atoms with Gasteiger partial charge in [-0.2, -0.15) is 0 Å². The standard InChI is InChI=1S/C17H20ClN/c1-11-7-12(2)16(13(3)8-11)10-19-17-6-5-15(18)9-14(17)4/h5-9,19H,10H2,1-4H3. The summed E-state index contributed by atoms with van der Waals surface area (Å²) in [5.41, 5.74) is 7.70. The molecule has 0 aliphatic carbocycles. The Morgan fingerprint density at radius 2 is 1.53 bits per heavy atom. The van der Waals surface area contributed by atoms with Crippen LogP contribution in [0.3, 0.4) is 0 Å². The second kappa shape index (κ2) is 5.66. The number of halogens is 1. The van der Waals surface area contributed by atoms with Crippen molar-refractivity contribution in [3.05, 3.63) is 63.2 Å². The van der Waals surface area contributed by atoms with E-state index in [0.29, 0.717) is 0 Å². The molecule has 19 heavy (non-hydrogen) atoms. The Morgan fingerprint density at radius 3 is 2.11 bits per heavy atom. The van der Waals surface area contributed by atoms with Crippen LogP contribution in [-0.2, 0) is 6.54 Å². The first kappa shape index (κ1) is 14.0. The molecule has 1 nitrogen and oxygen atoms in total. The highest BCUT2D eigenvalue weighted by Crippen LogP contribution is 2.22. The minimum atomic E-state index is 0.783. The third-order valence-electron chi connectivity index (χ3n) is 3.48. The van der Waals surface area contributed by atoms with Crippen molar-refractivity contribution in [2.45, 2.75) is 34.2 Å². The molecule has 0 fully saturated rings. The first-order chi connectivity index (χ1) is 8.97. The van der Waals surface area contributed by atoms with Gasteiger partial charge in [0.15, 0.2) is 0 Å². The zero-order chi connectivity index (χ0) is 14.0. The van der Waals surface area contributed by atoms with Crippen molar-refractivity contribution in [3.8, 4) is 0 Å². The van der Waals surface area contributed by atoms with E-state index >= 15 is 0 Å².